The second-order valence-corrected chi connectivity index (χ2v) is 3.78. The molecule has 1 aliphatic rings. The van der Waals surface area contributed by atoms with Gasteiger partial charge >= 0.3 is 0 Å². The summed E-state index contributed by atoms with van der Waals surface area (Å²) in [4.78, 5) is 2.28. The summed E-state index contributed by atoms with van der Waals surface area (Å²) in [5.41, 5.74) is 5.64. The van der Waals surface area contributed by atoms with E-state index in [0.717, 1.165) is 19.5 Å². The SMILES string of the molecule is CN1CCC(CCF)C(CN)C1. The topological polar surface area (TPSA) is 29.3 Å². The highest BCUT2D eigenvalue weighted by atomic mass is 19.1. The number of piperidine rings is 1. The lowest BCUT2D eigenvalue weighted by Crippen LogP contribution is -2.41. The van der Waals surface area contributed by atoms with Gasteiger partial charge in [-0.1, -0.05) is 0 Å². The molecule has 0 radical (unpaired) electrons. The monoisotopic (exact) mass is 174 g/mol. The lowest BCUT2D eigenvalue weighted by molar-refractivity contribution is 0.135. The standard InChI is InChI=1S/C9H19FN2/c1-12-5-3-8(2-4-10)9(6-11)7-12/h8-9H,2-7,11H2,1H3. The molecular weight excluding hydrogens is 155 g/mol. The van der Waals surface area contributed by atoms with Crippen molar-refractivity contribution in [2.24, 2.45) is 17.6 Å². The molecule has 0 bridgehead atoms. The zero-order valence-corrected chi connectivity index (χ0v) is 7.80. The van der Waals surface area contributed by atoms with E-state index in [4.69, 9.17) is 5.73 Å². The van der Waals surface area contributed by atoms with Gasteiger partial charge in [0, 0.05) is 6.54 Å². The van der Waals surface area contributed by atoms with Gasteiger partial charge in [-0.25, -0.2) is 0 Å². The first-order chi connectivity index (χ1) is 5.77. The normalized spacial score (nSPS) is 32.2. The minimum Gasteiger partial charge on any atom is -0.330 e. The van der Waals surface area contributed by atoms with Crippen molar-refractivity contribution in [2.75, 3.05) is 33.4 Å². The smallest absolute Gasteiger partial charge is 0.0897 e. The number of nitrogens with two attached hydrogens (primary N) is 1. The third-order valence-corrected chi connectivity index (χ3v) is 2.88. The summed E-state index contributed by atoms with van der Waals surface area (Å²) < 4.78 is 12.1. The van der Waals surface area contributed by atoms with Crippen LogP contribution in [0.1, 0.15) is 12.8 Å². The lowest BCUT2D eigenvalue weighted by atomic mass is 9.84. The highest BCUT2D eigenvalue weighted by Gasteiger charge is 2.25. The van der Waals surface area contributed by atoms with Crippen LogP contribution in [-0.4, -0.2) is 38.3 Å². The molecule has 0 saturated carbocycles. The summed E-state index contributed by atoms with van der Waals surface area (Å²) in [6.45, 7) is 2.65. The van der Waals surface area contributed by atoms with Crippen LogP contribution < -0.4 is 5.73 Å². The van der Waals surface area contributed by atoms with Crippen LogP contribution >= 0.6 is 0 Å². The molecule has 0 spiro atoms. The van der Waals surface area contributed by atoms with Crippen LogP contribution in [0, 0.1) is 11.8 Å². The molecule has 0 amide bonds. The number of hydrogen-bond donors (Lipinski definition) is 1. The highest BCUT2D eigenvalue weighted by molar-refractivity contribution is 4.79. The van der Waals surface area contributed by atoms with Gasteiger partial charge in [-0.2, -0.15) is 0 Å². The lowest BCUT2D eigenvalue weighted by Gasteiger charge is -2.35. The fourth-order valence-corrected chi connectivity index (χ4v) is 2.05. The fraction of sp³-hybridized carbons (Fsp3) is 1.00. The van der Waals surface area contributed by atoms with E-state index < -0.39 is 0 Å². The van der Waals surface area contributed by atoms with Crippen LogP contribution in [0.5, 0.6) is 0 Å². The Labute approximate surface area is 73.9 Å². The largest absolute Gasteiger partial charge is 0.330 e. The van der Waals surface area contributed by atoms with Gasteiger partial charge in [0.1, 0.15) is 0 Å². The first kappa shape index (κ1) is 9.93. The molecule has 2 N–H and O–H groups in total. The summed E-state index contributed by atoms with van der Waals surface area (Å²) in [6, 6.07) is 0. The van der Waals surface area contributed by atoms with Gasteiger partial charge < -0.3 is 10.6 Å². The fourth-order valence-electron chi connectivity index (χ4n) is 2.05. The van der Waals surface area contributed by atoms with Crippen molar-refractivity contribution in [1.29, 1.82) is 0 Å². The Bertz CT molecular complexity index is 130. The van der Waals surface area contributed by atoms with Gasteiger partial charge in [0.25, 0.3) is 0 Å². The van der Waals surface area contributed by atoms with Crippen molar-refractivity contribution in [3.8, 4) is 0 Å². The van der Waals surface area contributed by atoms with Gasteiger partial charge in [0.2, 0.25) is 0 Å². The number of alkyl halides is 1. The second-order valence-electron chi connectivity index (χ2n) is 3.78. The molecule has 1 saturated heterocycles. The molecule has 1 aliphatic heterocycles. The third-order valence-electron chi connectivity index (χ3n) is 2.88. The number of nitrogens with zero attached hydrogens (tertiary/aromatic N) is 1. The third kappa shape index (κ3) is 2.42. The van der Waals surface area contributed by atoms with Crippen LogP contribution in [0.3, 0.4) is 0 Å². The van der Waals surface area contributed by atoms with Crippen LogP contribution in [0.15, 0.2) is 0 Å². The Morgan fingerprint density at radius 2 is 2.25 bits per heavy atom. The molecule has 2 nitrogen and oxygen atoms in total. The zero-order chi connectivity index (χ0) is 8.97. The average molecular weight is 174 g/mol. The molecule has 0 aromatic rings. The Morgan fingerprint density at radius 3 is 2.83 bits per heavy atom. The van der Waals surface area contributed by atoms with E-state index in [2.05, 4.69) is 11.9 Å². The number of halogens is 1. The molecule has 1 rings (SSSR count). The van der Waals surface area contributed by atoms with E-state index in [1.165, 1.54) is 0 Å². The van der Waals surface area contributed by atoms with Gasteiger partial charge in [-0.3, -0.25) is 4.39 Å². The van der Waals surface area contributed by atoms with Gasteiger partial charge in [0.15, 0.2) is 0 Å². The molecule has 0 aliphatic carbocycles. The minimum atomic E-state index is -0.190. The van der Waals surface area contributed by atoms with E-state index in [9.17, 15) is 4.39 Å². The first-order valence-electron chi connectivity index (χ1n) is 4.72. The van der Waals surface area contributed by atoms with E-state index in [0.29, 0.717) is 24.8 Å². The van der Waals surface area contributed by atoms with Gasteiger partial charge in [-0.05, 0) is 44.8 Å². The maximum Gasteiger partial charge on any atom is 0.0897 e. The van der Waals surface area contributed by atoms with E-state index >= 15 is 0 Å². The Hall–Kier alpha value is -0.150. The van der Waals surface area contributed by atoms with Crippen molar-refractivity contribution in [3.05, 3.63) is 0 Å². The molecule has 0 aromatic carbocycles. The van der Waals surface area contributed by atoms with Crippen LogP contribution in [-0.2, 0) is 0 Å². The van der Waals surface area contributed by atoms with Gasteiger partial charge in [-0.15, -0.1) is 0 Å². The Balaban J connectivity index is 2.39. The maximum absolute atomic E-state index is 12.1. The predicted molar refractivity (Wildman–Crippen MR) is 48.7 cm³/mol. The summed E-state index contributed by atoms with van der Waals surface area (Å²) in [7, 11) is 2.11. The van der Waals surface area contributed by atoms with Crippen LogP contribution in [0.4, 0.5) is 4.39 Å². The number of hydrogen-bond acceptors (Lipinski definition) is 2. The maximum atomic E-state index is 12.1. The molecule has 3 heteroatoms. The quantitative estimate of drug-likeness (QED) is 0.688. The van der Waals surface area contributed by atoms with E-state index in [1.54, 1.807) is 0 Å². The molecule has 1 heterocycles. The summed E-state index contributed by atoms with van der Waals surface area (Å²) >= 11 is 0. The van der Waals surface area contributed by atoms with Crippen LogP contribution in [0.2, 0.25) is 0 Å². The minimum absolute atomic E-state index is 0.190. The average Bonchev–Trinajstić information content (AvgIpc) is 2.08. The van der Waals surface area contributed by atoms with Crippen molar-refractivity contribution < 1.29 is 4.39 Å². The van der Waals surface area contributed by atoms with Crippen molar-refractivity contribution in [1.82, 2.24) is 4.90 Å². The first-order valence-corrected chi connectivity index (χ1v) is 4.72. The molecule has 12 heavy (non-hydrogen) atoms. The molecule has 2 atom stereocenters. The number of likely N-dealkylation sites (tertiary alicyclic amines) is 1. The number of rotatable bonds is 3. The molecule has 0 aromatic heterocycles. The Morgan fingerprint density at radius 1 is 1.50 bits per heavy atom. The van der Waals surface area contributed by atoms with E-state index in [1.807, 2.05) is 0 Å². The zero-order valence-electron chi connectivity index (χ0n) is 7.80. The van der Waals surface area contributed by atoms with Crippen molar-refractivity contribution in [3.63, 3.8) is 0 Å². The molecular formula is C9H19FN2. The summed E-state index contributed by atoms with van der Waals surface area (Å²) in [5, 5.41) is 0. The molecule has 2 unspecified atom stereocenters. The molecule has 1 fully saturated rings. The second kappa shape index (κ2) is 4.77. The van der Waals surface area contributed by atoms with Crippen molar-refractivity contribution in [2.45, 2.75) is 12.8 Å². The van der Waals surface area contributed by atoms with Crippen molar-refractivity contribution >= 4 is 0 Å². The Kier molecular flexibility index (Phi) is 3.95. The summed E-state index contributed by atoms with van der Waals surface area (Å²) in [5.74, 6) is 1.04. The van der Waals surface area contributed by atoms with Crippen LogP contribution in [0.25, 0.3) is 0 Å². The highest BCUT2D eigenvalue weighted by Crippen LogP contribution is 2.24. The van der Waals surface area contributed by atoms with E-state index in [-0.39, 0.29) is 6.67 Å². The molecule has 72 valence electrons. The predicted octanol–water partition coefficient (Wildman–Crippen LogP) is 0.873. The van der Waals surface area contributed by atoms with Gasteiger partial charge in [0.05, 0.1) is 6.67 Å². The summed E-state index contributed by atoms with van der Waals surface area (Å²) in [6.07, 6.45) is 1.82.